The number of aliphatic hydroxyl groups is 2. The topological polar surface area (TPSA) is 81.0 Å². The van der Waals surface area contributed by atoms with Crippen LogP contribution in [0.2, 0.25) is 5.02 Å². The SMILES string of the molecule is CC(C)(C)N(C(=O)O)c1cccc(C(O)c2cc(F)ccc2Cl)c1CO. The molecule has 140 valence electrons. The third-order valence-corrected chi connectivity index (χ3v) is 4.34. The molecule has 0 radical (unpaired) electrons. The second kappa shape index (κ2) is 7.61. The van der Waals surface area contributed by atoms with Crippen LogP contribution in [0.1, 0.15) is 43.6 Å². The van der Waals surface area contributed by atoms with Crippen LogP contribution in [-0.2, 0) is 6.61 Å². The van der Waals surface area contributed by atoms with Gasteiger partial charge in [0.25, 0.3) is 0 Å². The Balaban J connectivity index is 2.65. The Morgan fingerprint density at radius 2 is 1.88 bits per heavy atom. The first kappa shape index (κ1) is 20.2. The van der Waals surface area contributed by atoms with Crippen LogP contribution >= 0.6 is 11.6 Å². The van der Waals surface area contributed by atoms with Crippen molar-refractivity contribution in [1.29, 1.82) is 0 Å². The van der Waals surface area contributed by atoms with E-state index in [4.69, 9.17) is 11.6 Å². The minimum absolute atomic E-state index is 0.135. The van der Waals surface area contributed by atoms with Crippen LogP contribution in [-0.4, -0.2) is 27.0 Å². The molecule has 0 fully saturated rings. The van der Waals surface area contributed by atoms with Gasteiger partial charge in [0.2, 0.25) is 0 Å². The number of benzene rings is 2. The van der Waals surface area contributed by atoms with Gasteiger partial charge in [-0.3, -0.25) is 4.90 Å². The number of amides is 1. The van der Waals surface area contributed by atoms with Gasteiger partial charge in [0.15, 0.2) is 0 Å². The third-order valence-electron chi connectivity index (χ3n) is 4.00. The van der Waals surface area contributed by atoms with E-state index in [0.717, 1.165) is 11.0 Å². The van der Waals surface area contributed by atoms with Gasteiger partial charge in [-0.15, -0.1) is 0 Å². The van der Waals surface area contributed by atoms with Crippen molar-refractivity contribution >= 4 is 23.4 Å². The Kier molecular flexibility index (Phi) is 5.91. The fraction of sp³-hybridized carbons (Fsp3) is 0.316. The molecule has 2 aromatic carbocycles. The van der Waals surface area contributed by atoms with Gasteiger partial charge >= 0.3 is 6.09 Å². The number of aliphatic hydroxyl groups excluding tert-OH is 2. The highest BCUT2D eigenvalue weighted by Gasteiger charge is 2.31. The molecule has 0 aliphatic carbocycles. The van der Waals surface area contributed by atoms with Crippen LogP contribution in [0.15, 0.2) is 36.4 Å². The molecular weight excluding hydrogens is 361 g/mol. The van der Waals surface area contributed by atoms with E-state index in [1.807, 2.05) is 0 Å². The summed E-state index contributed by atoms with van der Waals surface area (Å²) in [5, 5.41) is 30.4. The van der Waals surface area contributed by atoms with Crippen LogP contribution in [0.5, 0.6) is 0 Å². The smallest absolute Gasteiger partial charge is 0.412 e. The van der Waals surface area contributed by atoms with Crippen LogP contribution in [0.3, 0.4) is 0 Å². The van der Waals surface area contributed by atoms with Crippen molar-refractivity contribution in [2.75, 3.05) is 4.90 Å². The largest absolute Gasteiger partial charge is 0.465 e. The van der Waals surface area contributed by atoms with E-state index in [1.54, 1.807) is 39.0 Å². The summed E-state index contributed by atoms with van der Waals surface area (Å²) in [6.45, 7) is 4.65. The van der Waals surface area contributed by atoms with Gasteiger partial charge in [0.1, 0.15) is 11.9 Å². The number of hydrogen-bond acceptors (Lipinski definition) is 3. The number of carbonyl (C=O) groups is 1. The molecule has 0 saturated heterocycles. The summed E-state index contributed by atoms with van der Waals surface area (Å²) in [7, 11) is 0. The molecule has 0 heterocycles. The molecule has 2 rings (SSSR count). The lowest BCUT2D eigenvalue weighted by Crippen LogP contribution is -2.45. The summed E-state index contributed by atoms with van der Waals surface area (Å²) in [5.74, 6) is -0.563. The van der Waals surface area contributed by atoms with E-state index in [2.05, 4.69) is 0 Å². The number of carboxylic acid groups (broad SMARTS) is 1. The maximum atomic E-state index is 13.6. The zero-order valence-electron chi connectivity index (χ0n) is 14.7. The molecule has 1 atom stereocenters. The van der Waals surface area contributed by atoms with E-state index in [-0.39, 0.29) is 27.4 Å². The molecule has 0 aliphatic rings. The molecule has 2 aromatic rings. The van der Waals surface area contributed by atoms with E-state index in [0.29, 0.717) is 0 Å². The molecule has 1 amide bonds. The molecule has 1 unspecified atom stereocenters. The van der Waals surface area contributed by atoms with Crippen molar-refractivity contribution in [3.63, 3.8) is 0 Å². The Morgan fingerprint density at radius 3 is 2.42 bits per heavy atom. The minimum atomic E-state index is -1.32. The average molecular weight is 382 g/mol. The molecule has 0 spiro atoms. The lowest BCUT2D eigenvalue weighted by Gasteiger charge is -2.35. The highest BCUT2D eigenvalue weighted by Crippen LogP contribution is 2.36. The van der Waals surface area contributed by atoms with Gasteiger partial charge < -0.3 is 15.3 Å². The maximum Gasteiger partial charge on any atom is 0.412 e. The lowest BCUT2D eigenvalue weighted by molar-refractivity contribution is 0.194. The summed E-state index contributed by atoms with van der Waals surface area (Å²) in [6, 6.07) is 8.28. The minimum Gasteiger partial charge on any atom is -0.465 e. The summed E-state index contributed by atoms with van der Waals surface area (Å²) >= 11 is 6.07. The zero-order valence-corrected chi connectivity index (χ0v) is 15.5. The van der Waals surface area contributed by atoms with Crippen LogP contribution < -0.4 is 4.90 Å². The fourth-order valence-electron chi connectivity index (χ4n) is 2.87. The first-order valence-corrected chi connectivity index (χ1v) is 8.34. The van der Waals surface area contributed by atoms with Gasteiger partial charge in [-0.2, -0.15) is 0 Å². The average Bonchev–Trinajstić information content (AvgIpc) is 2.54. The molecule has 0 aliphatic heterocycles. The van der Waals surface area contributed by atoms with Crippen molar-refractivity contribution in [3.8, 4) is 0 Å². The molecular formula is C19H21ClFNO4. The first-order chi connectivity index (χ1) is 12.1. The van der Waals surface area contributed by atoms with Crippen molar-refractivity contribution in [2.45, 2.75) is 39.0 Å². The fourth-order valence-corrected chi connectivity index (χ4v) is 3.09. The normalized spacial score (nSPS) is 12.7. The Hall–Kier alpha value is -2.15. The summed E-state index contributed by atoms with van der Waals surface area (Å²) in [4.78, 5) is 12.9. The number of anilines is 1. The van der Waals surface area contributed by atoms with Gasteiger partial charge in [0, 0.05) is 21.7 Å². The Bertz CT molecular complexity index is 820. The van der Waals surface area contributed by atoms with E-state index >= 15 is 0 Å². The van der Waals surface area contributed by atoms with Gasteiger partial charge in [0.05, 0.1) is 12.3 Å². The lowest BCUT2D eigenvalue weighted by atomic mass is 9.94. The second-order valence-corrected chi connectivity index (χ2v) is 7.27. The monoisotopic (exact) mass is 381 g/mol. The van der Waals surface area contributed by atoms with E-state index in [9.17, 15) is 24.5 Å². The summed E-state index contributed by atoms with van der Waals surface area (Å²) in [6.07, 6.45) is -2.52. The quantitative estimate of drug-likeness (QED) is 0.736. The van der Waals surface area contributed by atoms with Crippen molar-refractivity contribution < 1.29 is 24.5 Å². The van der Waals surface area contributed by atoms with Gasteiger partial charge in [-0.25, -0.2) is 9.18 Å². The van der Waals surface area contributed by atoms with Crippen molar-refractivity contribution in [1.82, 2.24) is 0 Å². The predicted octanol–water partition coefficient (Wildman–Crippen LogP) is 4.34. The van der Waals surface area contributed by atoms with Crippen LogP contribution in [0, 0.1) is 5.82 Å². The highest BCUT2D eigenvalue weighted by atomic mass is 35.5. The molecule has 0 bridgehead atoms. The number of nitrogens with zero attached hydrogens (tertiary/aromatic N) is 1. The number of hydrogen-bond donors (Lipinski definition) is 3. The van der Waals surface area contributed by atoms with E-state index < -0.39 is 30.2 Å². The maximum absolute atomic E-state index is 13.6. The van der Waals surface area contributed by atoms with Crippen molar-refractivity contribution in [3.05, 3.63) is 63.9 Å². The molecule has 5 nitrogen and oxygen atoms in total. The zero-order chi connectivity index (χ0) is 19.6. The standard InChI is InChI=1S/C19H21ClFNO4/c1-19(2,3)22(18(25)26)16-6-4-5-12(14(16)10-23)17(24)13-9-11(21)7-8-15(13)20/h4-9,17,23-24H,10H2,1-3H3,(H,25,26). The third kappa shape index (κ3) is 3.98. The van der Waals surface area contributed by atoms with E-state index in [1.165, 1.54) is 12.1 Å². The molecule has 3 N–H and O–H groups in total. The number of rotatable bonds is 4. The molecule has 26 heavy (non-hydrogen) atoms. The molecule has 7 heteroatoms. The van der Waals surface area contributed by atoms with Crippen molar-refractivity contribution in [2.24, 2.45) is 0 Å². The van der Waals surface area contributed by atoms with Crippen LogP contribution in [0.25, 0.3) is 0 Å². The van der Waals surface area contributed by atoms with Gasteiger partial charge in [-0.05, 0) is 50.6 Å². The molecule has 0 aromatic heterocycles. The molecule has 0 saturated carbocycles. The van der Waals surface area contributed by atoms with Gasteiger partial charge in [-0.1, -0.05) is 23.7 Å². The number of halogens is 2. The van der Waals surface area contributed by atoms with Crippen LogP contribution in [0.4, 0.5) is 14.9 Å². The Labute approximate surface area is 156 Å². The second-order valence-electron chi connectivity index (χ2n) is 6.86. The highest BCUT2D eigenvalue weighted by molar-refractivity contribution is 6.31. The predicted molar refractivity (Wildman–Crippen MR) is 98.1 cm³/mol. The Morgan fingerprint density at radius 1 is 1.23 bits per heavy atom. The first-order valence-electron chi connectivity index (χ1n) is 7.96. The summed E-state index contributed by atoms with van der Waals surface area (Å²) < 4.78 is 13.6. The summed E-state index contributed by atoms with van der Waals surface area (Å²) in [5.41, 5.74) is 0.0916.